The van der Waals surface area contributed by atoms with Crippen molar-refractivity contribution in [2.24, 2.45) is 5.10 Å². The number of benzene rings is 1. The number of aromatic nitrogens is 1. The molecule has 3 aromatic heterocycles. The van der Waals surface area contributed by atoms with Crippen molar-refractivity contribution < 1.29 is 24.0 Å². The molecule has 1 aromatic carbocycles. The van der Waals surface area contributed by atoms with Gasteiger partial charge in [0.25, 0.3) is 17.7 Å². The first-order chi connectivity index (χ1) is 16.9. The van der Waals surface area contributed by atoms with Crippen LogP contribution in [0.15, 0.2) is 57.5 Å². The number of nitrogens with zero attached hydrogens (tertiary/aromatic N) is 2. The van der Waals surface area contributed by atoms with Crippen molar-refractivity contribution in [1.29, 1.82) is 0 Å². The molecular formula is C23H19ClN4O5S2. The number of hydrogen-bond acceptors (Lipinski definition) is 9. The Hall–Kier alpha value is -3.67. The molecule has 3 N–H and O–H groups in total. The summed E-state index contributed by atoms with van der Waals surface area (Å²) in [6.45, 7) is 1.81. The molecular weight excluding hydrogens is 512 g/mol. The van der Waals surface area contributed by atoms with E-state index in [1.165, 1.54) is 24.5 Å². The third-order valence-electron chi connectivity index (χ3n) is 4.81. The number of hydrazone groups is 1. The number of methoxy groups -OCH3 is 1. The molecule has 9 nitrogen and oxygen atoms in total. The summed E-state index contributed by atoms with van der Waals surface area (Å²) in [5, 5.41) is 23.5. The molecule has 4 aromatic rings. The van der Waals surface area contributed by atoms with E-state index < -0.39 is 5.91 Å². The van der Waals surface area contributed by atoms with Crippen LogP contribution in [0.1, 0.15) is 37.6 Å². The van der Waals surface area contributed by atoms with Gasteiger partial charge in [0.2, 0.25) is 0 Å². The van der Waals surface area contributed by atoms with Gasteiger partial charge >= 0.3 is 0 Å². The van der Waals surface area contributed by atoms with Gasteiger partial charge in [-0.1, -0.05) is 23.7 Å². The van der Waals surface area contributed by atoms with Gasteiger partial charge in [-0.3, -0.25) is 9.59 Å². The predicted molar refractivity (Wildman–Crippen MR) is 135 cm³/mol. The summed E-state index contributed by atoms with van der Waals surface area (Å²) in [5.74, 6) is -0.00194. The number of halogens is 1. The number of carbonyl (C=O) groups excluding carboxylic acids is 2. The molecule has 35 heavy (non-hydrogen) atoms. The molecule has 0 fully saturated rings. The fourth-order valence-corrected chi connectivity index (χ4v) is 4.92. The molecule has 0 radical (unpaired) electrons. The van der Waals surface area contributed by atoms with Crippen LogP contribution < -0.4 is 15.5 Å². The molecule has 180 valence electrons. The largest absolute Gasteiger partial charge is 0.506 e. The number of thiophene rings is 2. The first-order valence-electron chi connectivity index (χ1n) is 10.1. The lowest BCUT2D eigenvalue weighted by Gasteiger charge is -2.03. The minimum Gasteiger partial charge on any atom is -0.506 e. The third kappa shape index (κ3) is 5.70. The summed E-state index contributed by atoms with van der Waals surface area (Å²) < 4.78 is 9.96. The molecule has 0 bridgehead atoms. The van der Waals surface area contributed by atoms with Crippen molar-refractivity contribution in [3.05, 3.63) is 73.9 Å². The summed E-state index contributed by atoms with van der Waals surface area (Å²) in [6, 6.07) is 11.8. The SMILES string of the molecule is COc1cc(CNC(=O)c2ccc(C(=O)NN=C(C)c3csc(-c4ccc(Cl)cc4)c3O)s2)on1. The van der Waals surface area contributed by atoms with Crippen LogP contribution in [0.4, 0.5) is 0 Å². The zero-order valence-electron chi connectivity index (χ0n) is 18.5. The van der Waals surface area contributed by atoms with Gasteiger partial charge in [-0.15, -0.1) is 22.7 Å². The molecule has 0 aliphatic carbocycles. The van der Waals surface area contributed by atoms with Crippen LogP contribution in [0.5, 0.6) is 11.6 Å². The van der Waals surface area contributed by atoms with Crippen LogP contribution in [0.2, 0.25) is 5.02 Å². The number of carbonyl (C=O) groups is 2. The van der Waals surface area contributed by atoms with Crippen molar-refractivity contribution in [1.82, 2.24) is 15.9 Å². The highest BCUT2D eigenvalue weighted by Gasteiger charge is 2.17. The van der Waals surface area contributed by atoms with Crippen LogP contribution in [0.3, 0.4) is 0 Å². The fraction of sp³-hybridized carbons (Fsp3) is 0.130. The van der Waals surface area contributed by atoms with Gasteiger partial charge in [-0.05, 0) is 41.9 Å². The van der Waals surface area contributed by atoms with E-state index in [1.54, 1.807) is 36.6 Å². The van der Waals surface area contributed by atoms with Crippen LogP contribution in [-0.2, 0) is 6.54 Å². The Kier molecular flexibility index (Phi) is 7.49. The Bertz CT molecular complexity index is 1390. The van der Waals surface area contributed by atoms with Crippen LogP contribution in [0, 0.1) is 0 Å². The van der Waals surface area contributed by atoms with Crippen molar-refractivity contribution in [2.75, 3.05) is 7.11 Å². The molecule has 0 saturated heterocycles. The second-order valence-electron chi connectivity index (χ2n) is 7.15. The summed E-state index contributed by atoms with van der Waals surface area (Å²) >= 11 is 8.32. The summed E-state index contributed by atoms with van der Waals surface area (Å²) in [4.78, 5) is 26.2. The number of rotatable bonds is 8. The average Bonchev–Trinajstić information content (AvgIpc) is 3.61. The van der Waals surface area contributed by atoms with E-state index in [0.29, 0.717) is 42.6 Å². The minimum atomic E-state index is -0.471. The number of ether oxygens (including phenoxy) is 1. The molecule has 4 rings (SSSR count). The maximum atomic E-state index is 12.5. The highest BCUT2D eigenvalue weighted by molar-refractivity contribution is 7.16. The van der Waals surface area contributed by atoms with Gasteiger partial charge in [0.1, 0.15) is 5.75 Å². The van der Waals surface area contributed by atoms with E-state index >= 15 is 0 Å². The Morgan fingerprint density at radius 1 is 1.17 bits per heavy atom. The number of amides is 2. The van der Waals surface area contributed by atoms with Gasteiger partial charge in [0.05, 0.1) is 39.6 Å². The van der Waals surface area contributed by atoms with Crippen molar-refractivity contribution in [3.63, 3.8) is 0 Å². The first kappa shape index (κ1) is 24.5. The normalized spacial score (nSPS) is 11.3. The van der Waals surface area contributed by atoms with E-state index in [0.717, 1.165) is 16.9 Å². The topological polar surface area (TPSA) is 126 Å². The third-order valence-corrected chi connectivity index (χ3v) is 7.16. The Morgan fingerprint density at radius 3 is 2.57 bits per heavy atom. The lowest BCUT2D eigenvalue weighted by Crippen LogP contribution is -2.21. The predicted octanol–water partition coefficient (Wildman–Crippen LogP) is 4.92. The molecule has 0 atom stereocenters. The zero-order chi connectivity index (χ0) is 24.9. The quantitative estimate of drug-likeness (QED) is 0.219. The van der Waals surface area contributed by atoms with Crippen LogP contribution in [-0.4, -0.2) is 34.9 Å². The van der Waals surface area contributed by atoms with Gasteiger partial charge in [0.15, 0.2) is 5.76 Å². The van der Waals surface area contributed by atoms with Crippen LogP contribution >= 0.6 is 34.3 Å². The Labute approximate surface area is 213 Å². The van der Waals surface area contributed by atoms with E-state index in [1.807, 2.05) is 12.1 Å². The highest BCUT2D eigenvalue weighted by Crippen LogP contribution is 2.39. The molecule has 0 aliphatic heterocycles. The van der Waals surface area contributed by atoms with Gasteiger partial charge < -0.3 is 19.7 Å². The lowest BCUT2D eigenvalue weighted by molar-refractivity contribution is 0.0947. The smallest absolute Gasteiger partial charge is 0.281 e. The summed E-state index contributed by atoms with van der Waals surface area (Å²) in [5.41, 5.74) is 4.24. The Morgan fingerprint density at radius 2 is 1.89 bits per heavy atom. The molecule has 3 heterocycles. The number of nitrogens with one attached hydrogen (secondary N) is 2. The van der Waals surface area contributed by atoms with E-state index in [9.17, 15) is 14.7 Å². The highest BCUT2D eigenvalue weighted by atomic mass is 35.5. The standard InChI is InChI=1S/C23H19ClN4O5S2/c1-12(16-11-34-21(20(16)29)13-3-5-14(24)6-4-13)26-27-23(31)18-8-7-17(35-18)22(30)25-10-15-9-19(32-2)28-33-15/h3-9,11,29H,10H2,1-2H3,(H,25,30)(H,27,31). The van der Waals surface area contributed by atoms with E-state index in [-0.39, 0.29) is 18.2 Å². The number of aromatic hydroxyl groups is 1. The second kappa shape index (κ2) is 10.7. The molecule has 0 saturated carbocycles. The molecule has 12 heteroatoms. The Balaban J connectivity index is 1.37. The lowest BCUT2D eigenvalue weighted by atomic mass is 10.1. The fourth-order valence-electron chi connectivity index (χ4n) is 2.97. The molecule has 0 unspecified atom stereocenters. The van der Waals surface area contributed by atoms with Gasteiger partial charge in [-0.25, -0.2) is 5.43 Å². The van der Waals surface area contributed by atoms with Crippen molar-refractivity contribution in [3.8, 4) is 22.1 Å². The monoisotopic (exact) mass is 530 g/mol. The van der Waals surface area contributed by atoms with Gasteiger partial charge in [-0.2, -0.15) is 5.10 Å². The first-order valence-corrected chi connectivity index (χ1v) is 12.2. The summed E-state index contributed by atoms with van der Waals surface area (Å²) in [7, 11) is 1.46. The average molecular weight is 531 g/mol. The maximum absolute atomic E-state index is 12.5. The van der Waals surface area contributed by atoms with Crippen LogP contribution in [0.25, 0.3) is 10.4 Å². The maximum Gasteiger partial charge on any atom is 0.281 e. The van der Waals surface area contributed by atoms with Crippen molar-refractivity contribution in [2.45, 2.75) is 13.5 Å². The zero-order valence-corrected chi connectivity index (χ0v) is 20.9. The molecule has 0 aliphatic rings. The minimum absolute atomic E-state index is 0.0762. The van der Waals surface area contributed by atoms with Crippen molar-refractivity contribution >= 4 is 51.8 Å². The summed E-state index contributed by atoms with van der Waals surface area (Å²) in [6.07, 6.45) is 0. The second-order valence-corrected chi connectivity index (χ2v) is 9.55. The van der Waals surface area contributed by atoms with E-state index in [4.69, 9.17) is 20.9 Å². The molecule has 2 amide bonds. The van der Waals surface area contributed by atoms with E-state index in [2.05, 4.69) is 21.0 Å². The number of hydrogen-bond donors (Lipinski definition) is 3. The molecule has 0 spiro atoms. The van der Waals surface area contributed by atoms with Gasteiger partial charge in [0, 0.05) is 16.5 Å².